The molecule has 0 radical (unpaired) electrons. The zero-order chi connectivity index (χ0) is 15.9. The van der Waals surface area contributed by atoms with Crippen molar-refractivity contribution in [3.63, 3.8) is 0 Å². The topological polar surface area (TPSA) is 107 Å². The third-order valence-corrected chi connectivity index (χ3v) is 4.35. The molecule has 5 N–H and O–H groups in total. The molecule has 9 heteroatoms. The Balaban J connectivity index is 2.10. The van der Waals surface area contributed by atoms with Gasteiger partial charge in [0.05, 0.1) is 16.1 Å². The van der Waals surface area contributed by atoms with Crippen LogP contribution >= 0.6 is 22.9 Å². The fourth-order valence-electron chi connectivity index (χ4n) is 1.94. The monoisotopic (exact) mass is 337 g/mol. The van der Waals surface area contributed by atoms with Crippen molar-refractivity contribution >= 4 is 56.3 Å². The molecule has 0 spiro atoms. The van der Waals surface area contributed by atoms with E-state index in [0.717, 1.165) is 11.3 Å². The maximum atomic E-state index is 13.2. The number of amides is 1. The van der Waals surface area contributed by atoms with Crippen LogP contribution in [0.4, 0.5) is 21.6 Å². The van der Waals surface area contributed by atoms with Gasteiger partial charge in [-0.3, -0.25) is 4.79 Å². The fourth-order valence-corrected chi connectivity index (χ4v) is 3.04. The minimum Gasteiger partial charge on any atom is -0.397 e. The van der Waals surface area contributed by atoms with E-state index in [1.54, 1.807) is 0 Å². The van der Waals surface area contributed by atoms with Crippen LogP contribution in [0.25, 0.3) is 10.2 Å². The molecule has 1 amide bonds. The Morgan fingerprint density at radius 3 is 2.82 bits per heavy atom. The first-order valence-corrected chi connectivity index (χ1v) is 7.21. The number of rotatable bonds is 3. The number of carbonyl (C=O) groups excluding carboxylic acids is 1. The van der Waals surface area contributed by atoms with Crippen LogP contribution in [-0.4, -0.2) is 15.9 Å². The van der Waals surface area contributed by atoms with Crippen molar-refractivity contribution in [3.8, 4) is 0 Å². The molecule has 0 saturated heterocycles. The molecule has 112 valence electrons. The molecule has 2 aromatic heterocycles. The van der Waals surface area contributed by atoms with E-state index in [2.05, 4.69) is 15.3 Å². The number of fused-ring (bicyclic) bond motifs is 1. The van der Waals surface area contributed by atoms with Crippen molar-refractivity contribution in [2.45, 2.75) is 0 Å². The van der Waals surface area contributed by atoms with E-state index in [0.29, 0.717) is 21.7 Å². The van der Waals surface area contributed by atoms with Crippen molar-refractivity contribution in [2.24, 2.45) is 5.73 Å². The van der Waals surface area contributed by atoms with E-state index in [9.17, 15) is 9.18 Å². The molecule has 22 heavy (non-hydrogen) atoms. The lowest BCUT2D eigenvalue weighted by atomic mass is 10.2. The molecule has 0 saturated carbocycles. The highest BCUT2D eigenvalue weighted by Crippen LogP contribution is 2.36. The number of primary amides is 1. The quantitative estimate of drug-likeness (QED) is 0.681. The number of halogens is 2. The number of hydrogen-bond donors (Lipinski definition) is 3. The van der Waals surface area contributed by atoms with E-state index in [1.165, 1.54) is 24.5 Å². The maximum absolute atomic E-state index is 13.2. The number of hydrogen-bond acceptors (Lipinski definition) is 6. The van der Waals surface area contributed by atoms with Crippen LogP contribution in [0.1, 0.15) is 9.67 Å². The van der Waals surface area contributed by atoms with E-state index >= 15 is 0 Å². The molecule has 0 aliphatic carbocycles. The summed E-state index contributed by atoms with van der Waals surface area (Å²) in [4.78, 5) is 20.3. The van der Waals surface area contributed by atoms with Crippen LogP contribution in [0.2, 0.25) is 5.02 Å². The zero-order valence-electron chi connectivity index (χ0n) is 10.9. The highest BCUT2D eigenvalue weighted by molar-refractivity contribution is 7.21. The van der Waals surface area contributed by atoms with E-state index < -0.39 is 11.7 Å². The number of thiophene rings is 1. The SMILES string of the molecule is NC(=O)c1sc2ncnc(Nc3ccc(F)c(Cl)c3)c2c1N. The molecule has 0 aliphatic rings. The van der Waals surface area contributed by atoms with Crippen LogP contribution in [0, 0.1) is 5.82 Å². The highest BCUT2D eigenvalue weighted by atomic mass is 35.5. The Hall–Kier alpha value is -2.45. The van der Waals surface area contributed by atoms with Gasteiger partial charge in [0, 0.05) is 5.69 Å². The van der Waals surface area contributed by atoms with Gasteiger partial charge < -0.3 is 16.8 Å². The normalized spacial score (nSPS) is 10.8. The van der Waals surface area contributed by atoms with Gasteiger partial charge in [0.25, 0.3) is 5.91 Å². The lowest BCUT2D eigenvalue weighted by Gasteiger charge is -2.07. The number of nitrogen functional groups attached to an aromatic ring is 1. The summed E-state index contributed by atoms with van der Waals surface area (Å²) in [6.07, 6.45) is 1.33. The van der Waals surface area contributed by atoms with Gasteiger partial charge in [0.2, 0.25) is 0 Å². The second-order valence-corrected chi connectivity index (χ2v) is 5.77. The summed E-state index contributed by atoms with van der Waals surface area (Å²) < 4.78 is 13.2. The largest absolute Gasteiger partial charge is 0.397 e. The molecule has 3 rings (SSSR count). The van der Waals surface area contributed by atoms with Crippen molar-refractivity contribution < 1.29 is 9.18 Å². The van der Waals surface area contributed by atoms with Gasteiger partial charge in [-0.25, -0.2) is 14.4 Å². The first-order valence-electron chi connectivity index (χ1n) is 6.02. The Labute approximate surface area is 132 Å². The molecule has 1 aromatic carbocycles. The van der Waals surface area contributed by atoms with Crippen molar-refractivity contribution in [1.29, 1.82) is 0 Å². The third-order valence-electron chi connectivity index (χ3n) is 2.93. The predicted molar refractivity (Wildman–Crippen MR) is 85.0 cm³/mol. The molecule has 2 heterocycles. The number of nitrogens with one attached hydrogen (secondary N) is 1. The molecule has 3 aromatic rings. The standard InChI is InChI=1S/C13H9ClFN5OS/c14-6-3-5(1-2-7(6)15)20-12-8-9(16)10(11(17)21)22-13(8)19-4-18-12/h1-4H,16H2,(H2,17,21)(H,18,19,20). The lowest BCUT2D eigenvalue weighted by Crippen LogP contribution is -2.10. The van der Waals surface area contributed by atoms with Crippen molar-refractivity contribution in [1.82, 2.24) is 9.97 Å². The third kappa shape index (κ3) is 2.42. The lowest BCUT2D eigenvalue weighted by molar-refractivity contribution is 0.100. The highest BCUT2D eigenvalue weighted by Gasteiger charge is 2.18. The Kier molecular flexibility index (Phi) is 3.55. The van der Waals surface area contributed by atoms with Crippen LogP contribution in [0.15, 0.2) is 24.5 Å². The second-order valence-electron chi connectivity index (χ2n) is 4.37. The number of anilines is 3. The number of nitrogens with zero attached hydrogens (tertiary/aromatic N) is 2. The first kappa shape index (κ1) is 14.5. The minimum atomic E-state index is -0.628. The molecular formula is C13H9ClFN5OS. The summed E-state index contributed by atoms with van der Waals surface area (Å²) in [5.41, 5.74) is 12.0. The smallest absolute Gasteiger partial charge is 0.260 e. The Morgan fingerprint density at radius 2 is 2.14 bits per heavy atom. The van der Waals surface area contributed by atoms with Gasteiger partial charge in [-0.2, -0.15) is 0 Å². The van der Waals surface area contributed by atoms with Gasteiger partial charge >= 0.3 is 0 Å². The van der Waals surface area contributed by atoms with Crippen LogP contribution in [0.5, 0.6) is 0 Å². The number of benzene rings is 1. The average molecular weight is 338 g/mol. The van der Waals surface area contributed by atoms with Gasteiger partial charge in [0.1, 0.15) is 27.7 Å². The number of nitrogens with two attached hydrogens (primary N) is 2. The van der Waals surface area contributed by atoms with E-state index in [-0.39, 0.29) is 15.6 Å². The van der Waals surface area contributed by atoms with Crippen molar-refractivity contribution in [2.75, 3.05) is 11.1 Å². The summed E-state index contributed by atoms with van der Waals surface area (Å²) in [5.74, 6) is -0.767. The van der Waals surface area contributed by atoms with E-state index in [4.69, 9.17) is 23.1 Å². The van der Waals surface area contributed by atoms with Crippen LogP contribution in [-0.2, 0) is 0 Å². The van der Waals surface area contributed by atoms with Crippen LogP contribution in [0.3, 0.4) is 0 Å². The van der Waals surface area contributed by atoms with Gasteiger partial charge in [-0.05, 0) is 18.2 Å². The zero-order valence-corrected chi connectivity index (χ0v) is 12.5. The number of aromatic nitrogens is 2. The molecule has 0 fully saturated rings. The Bertz CT molecular complexity index is 898. The van der Waals surface area contributed by atoms with Gasteiger partial charge in [-0.1, -0.05) is 11.6 Å². The molecule has 6 nitrogen and oxygen atoms in total. The molecule has 0 bridgehead atoms. The molecular weight excluding hydrogens is 329 g/mol. The van der Waals surface area contributed by atoms with E-state index in [1.807, 2.05) is 0 Å². The molecule has 0 atom stereocenters. The first-order chi connectivity index (χ1) is 10.5. The summed E-state index contributed by atoms with van der Waals surface area (Å²) in [5, 5.41) is 3.45. The second kappa shape index (κ2) is 5.39. The van der Waals surface area contributed by atoms with Gasteiger partial charge in [0.15, 0.2) is 0 Å². The van der Waals surface area contributed by atoms with Crippen molar-refractivity contribution in [3.05, 3.63) is 40.2 Å². The predicted octanol–water partition coefficient (Wildman–Crippen LogP) is 2.91. The minimum absolute atomic E-state index is 0.0218. The summed E-state index contributed by atoms with van der Waals surface area (Å²) in [7, 11) is 0. The molecule has 0 unspecified atom stereocenters. The summed E-state index contributed by atoms with van der Waals surface area (Å²) in [6, 6.07) is 4.16. The van der Waals surface area contributed by atoms with Gasteiger partial charge in [-0.15, -0.1) is 11.3 Å². The Morgan fingerprint density at radius 1 is 1.36 bits per heavy atom. The summed E-state index contributed by atoms with van der Waals surface area (Å²) >= 11 is 6.83. The fraction of sp³-hybridized carbons (Fsp3) is 0. The average Bonchev–Trinajstić information content (AvgIpc) is 2.81. The number of carbonyl (C=O) groups is 1. The summed E-state index contributed by atoms with van der Waals surface area (Å²) in [6.45, 7) is 0. The maximum Gasteiger partial charge on any atom is 0.260 e. The van der Waals surface area contributed by atoms with Crippen LogP contribution < -0.4 is 16.8 Å². The molecule has 0 aliphatic heterocycles.